The van der Waals surface area contributed by atoms with Gasteiger partial charge in [0.05, 0.1) is 17.5 Å². The van der Waals surface area contributed by atoms with E-state index in [0.29, 0.717) is 46.2 Å². The molecule has 27 heavy (non-hydrogen) atoms. The van der Waals surface area contributed by atoms with Crippen molar-refractivity contribution < 1.29 is 4.79 Å². The second-order valence-electron chi connectivity index (χ2n) is 5.71. The smallest absolute Gasteiger partial charge is 0.255 e. The van der Waals surface area contributed by atoms with Crippen LogP contribution in [0.1, 0.15) is 21.6 Å². The van der Waals surface area contributed by atoms with Crippen LogP contribution in [-0.4, -0.2) is 53.8 Å². The monoisotopic (exact) mass is 385 g/mol. The van der Waals surface area contributed by atoms with E-state index in [1.54, 1.807) is 25.5 Å². The van der Waals surface area contributed by atoms with Crippen molar-refractivity contribution in [2.45, 2.75) is 0 Å². The van der Waals surface area contributed by atoms with Crippen LogP contribution in [0.5, 0.6) is 0 Å². The van der Waals surface area contributed by atoms with Crippen LogP contribution in [0.4, 0.5) is 5.69 Å². The largest absolute Gasteiger partial charge is 0.388 e. The van der Waals surface area contributed by atoms with Gasteiger partial charge < -0.3 is 21.4 Å². The Labute approximate surface area is 161 Å². The van der Waals surface area contributed by atoms with Crippen molar-refractivity contribution in [3.63, 3.8) is 0 Å². The number of aromatic nitrogens is 3. The Kier molecular flexibility index (Phi) is 5.68. The summed E-state index contributed by atoms with van der Waals surface area (Å²) in [6, 6.07) is 5.47. The molecule has 0 aliphatic heterocycles. The molecular formula is C18H20ClN7O. The van der Waals surface area contributed by atoms with Crippen molar-refractivity contribution in [1.82, 2.24) is 20.3 Å². The predicted octanol–water partition coefficient (Wildman–Crippen LogP) is 1.81. The van der Waals surface area contributed by atoms with Crippen molar-refractivity contribution in [2.75, 3.05) is 32.5 Å². The van der Waals surface area contributed by atoms with E-state index in [2.05, 4.69) is 30.6 Å². The number of hydrogen-bond acceptors (Lipinski definition) is 6. The highest BCUT2D eigenvalue weighted by Crippen LogP contribution is 2.24. The molecule has 0 fully saturated rings. The number of nitrogens with one attached hydrogen (secondary N) is 3. The number of fused-ring (bicyclic) bond motifs is 1. The molecule has 0 aliphatic rings. The van der Waals surface area contributed by atoms with Crippen LogP contribution in [0, 0.1) is 0 Å². The molecule has 0 radical (unpaired) electrons. The summed E-state index contributed by atoms with van der Waals surface area (Å²) in [6.07, 6.45) is 3.21. The number of nitrogens with zero attached hydrogens (tertiary/aromatic N) is 3. The van der Waals surface area contributed by atoms with Crippen LogP contribution < -0.4 is 16.4 Å². The molecule has 0 atom stereocenters. The molecule has 0 spiro atoms. The zero-order valence-corrected chi connectivity index (χ0v) is 15.8. The summed E-state index contributed by atoms with van der Waals surface area (Å²) in [7, 11) is 3.49. The number of anilines is 1. The molecule has 0 aliphatic carbocycles. The minimum atomic E-state index is -0.254. The Morgan fingerprint density at radius 2 is 2.19 bits per heavy atom. The Bertz CT molecular complexity index is 1010. The Hall–Kier alpha value is -2.97. The number of halogens is 1. The maximum absolute atomic E-state index is 12.3. The molecule has 0 saturated carbocycles. The van der Waals surface area contributed by atoms with Crippen molar-refractivity contribution >= 4 is 40.1 Å². The zero-order valence-electron chi connectivity index (χ0n) is 15.0. The summed E-state index contributed by atoms with van der Waals surface area (Å²) in [5, 5.41) is 6.46. The Morgan fingerprint density at radius 3 is 2.89 bits per heavy atom. The first-order valence-electron chi connectivity index (χ1n) is 8.36. The van der Waals surface area contributed by atoms with Gasteiger partial charge in [0.1, 0.15) is 11.2 Å². The van der Waals surface area contributed by atoms with Crippen LogP contribution in [-0.2, 0) is 0 Å². The molecule has 3 aromatic rings. The fourth-order valence-corrected chi connectivity index (χ4v) is 2.93. The lowest BCUT2D eigenvalue weighted by Crippen LogP contribution is -2.28. The number of hydrogen-bond donors (Lipinski definition) is 4. The molecule has 3 rings (SSSR count). The van der Waals surface area contributed by atoms with Crippen molar-refractivity contribution in [1.29, 1.82) is 0 Å². The van der Waals surface area contributed by atoms with Crippen molar-refractivity contribution in [3.05, 3.63) is 52.4 Å². The van der Waals surface area contributed by atoms with Crippen LogP contribution in [0.3, 0.4) is 0 Å². The van der Waals surface area contributed by atoms with E-state index in [1.165, 1.54) is 0 Å². The summed E-state index contributed by atoms with van der Waals surface area (Å²) in [4.78, 5) is 28.7. The van der Waals surface area contributed by atoms with Crippen molar-refractivity contribution in [3.8, 4) is 0 Å². The molecule has 2 aromatic heterocycles. The number of H-pyrrole nitrogens is 1. The average Bonchev–Trinajstić information content (AvgIpc) is 3.11. The quantitative estimate of drug-likeness (QED) is 0.482. The lowest BCUT2D eigenvalue weighted by Gasteiger charge is -2.12. The summed E-state index contributed by atoms with van der Waals surface area (Å²) in [5.74, 6) is -0.254. The van der Waals surface area contributed by atoms with E-state index >= 15 is 0 Å². The van der Waals surface area contributed by atoms with E-state index in [-0.39, 0.29) is 5.91 Å². The lowest BCUT2D eigenvalue weighted by molar-refractivity contribution is 0.0956. The molecule has 140 valence electrons. The predicted molar refractivity (Wildman–Crippen MR) is 108 cm³/mol. The number of rotatable bonds is 6. The van der Waals surface area contributed by atoms with Gasteiger partial charge in [0, 0.05) is 49.7 Å². The number of nitrogens with two attached hydrogens (primary N) is 1. The highest BCUT2D eigenvalue weighted by molar-refractivity contribution is 6.31. The van der Waals surface area contributed by atoms with Crippen LogP contribution in [0.2, 0.25) is 5.02 Å². The lowest BCUT2D eigenvalue weighted by atomic mass is 10.0. The molecule has 2 heterocycles. The zero-order chi connectivity index (χ0) is 19.4. The Balaban J connectivity index is 2.07. The number of aliphatic imine (C=N–C) groups is 1. The van der Waals surface area contributed by atoms with Gasteiger partial charge in [-0.25, -0.2) is 9.97 Å². The molecule has 5 N–H and O–H groups in total. The van der Waals surface area contributed by atoms with E-state index < -0.39 is 0 Å². The molecule has 0 unspecified atom stereocenters. The maximum atomic E-state index is 12.3. The summed E-state index contributed by atoms with van der Waals surface area (Å²) in [6.45, 7) is 0.748. The third kappa shape index (κ3) is 3.76. The SMILES string of the molecule is C/N=C(/c1cnc2[nH]cc(C(=O)NCCN)c2n1)c1ccc(Cl)cc1NC. The summed E-state index contributed by atoms with van der Waals surface area (Å²) in [5.41, 5.74) is 9.70. The second-order valence-corrected chi connectivity index (χ2v) is 6.15. The normalized spacial score (nSPS) is 11.6. The minimum absolute atomic E-state index is 0.254. The minimum Gasteiger partial charge on any atom is -0.388 e. The van der Waals surface area contributed by atoms with E-state index in [9.17, 15) is 4.79 Å². The van der Waals surface area contributed by atoms with E-state index in [1.807, 2.05) is 19.2 Å². The van der Waals surface area contributed by atoms with Gasteiger partial charge >= 0.3 is 0 Å². The molecule has 1 aromatic carbocycles. The van der Waals surface area contributed by atoms with Gasteiger partial charge in [0.15, 0.2) is 5.65 Å². The topological polar surface area (TPSA) is 121 Å². The van der Waals surface area contributed by atoms with E-state index in [4.69, 9.17) is 17.3 Å². The fraction of sp³-hybridized carbons (Fsp3) is 0.222. The molecule has 0 saturated heterocycles. The number of aromatic amines is 1. The van der Waals surface area contributed by atoms with Gasteiger partial charge in [-0.3, -0.25) is 9.79 Å². The number of carbonyl (C=O) groups excluding carboxylic acids is 1. The molecule has 0 bridgehead atoms. The van der Waals surface area contributed by atoms with Gasteiger partial charge in [0.2, 0.25) is 0 Å². The average molecular weight is 386 g/mol. The first kappa shape index (κ1) is 18.8. The number of carbonyl (C=O) groups is 1. The van der Waals surface area contributed by atoms with Gasteiger partial charge in [-0.2, -0.15) is 0 Å². The second kappa shape index (κ2) is 8.15. The summed E-state index contributed by atoms with van der Waals surface area (Å²) >= 11 is 6.08. The molecule has 8 nitrogen and oxygen atoms in total. The first-order valence-corrected chi connectivity index (χ1v) is 8.74. The third-order valence-electron chi connectivity index (χ3n) is 4.03. The van der Waals surface area contributed by atoms with Gasteiger partial charge in [0.25, 0.3) is 5.91 Å². The van der Waals surface area contributed by atoms with E-state index in [0.717, 1.165) is 11.3 Å². The fourth-order valence-electron chi connectivity index (χ4n) is 2.76. The molecule has 1 amide bonds. The molecule has 9 heteroatoms. The third-order valence-corrected chi connectivity index (χ3v) is 4.26. The molecular weight excluding hydrogens is 366 g/mol. The summed E-state index contributed by atoms with van der Waals surface area (Å²) < 4.78 is 0. The number of benzene rings is 1. The van der Waals surface area contributed by atoms with Crippen molar-refractivity contribution in [2.24, 2.45) is 10.7 Å². The highest BCUT2D eigenvalue weighted by Gasteiger charge is 2.18. The van der Waals surface area contributed by atoms with Gasteiger partial charge in [-0.1, -0.05) is 11.6 Å². The highest BCUT2D eigenvalue weighted by atomic mass is 35.5. The van der Waals surface area contributed by atoms with Crippen LogP contribution in [0.25, 0.3) is 11.2 Å². The maximum Gasteiger partial charge on any atom is 0.255 e. The standard InChI is InChI=1S/C18H20ClN7O/c1-21-13-7-10(19)3-4-11(13)15(22-2)14-9-25-17-16(26-14)12(8-24-17)18(27)23-6-5-20/h3-4,7-9,21H,5-6,20H2,1-2H3,(H,23,27)(H,24,25)/b22-15+. The van der Waals surface area contributed by atoms with Gasteiger partial charge in [-0.15, -0.1) is 0 Å². The Morgan fingerprint density at radius 1 is 1.37 bits per heavy atom. The van der Waals surface area contributed by atoms with Crippen LogP contribution in [0.15, 0.2) is 35.6 Å². The van der Waals surface area contributed by atoms with Gasteiger partial charge in [-0.05, 0) is 18.2 Å². The van der Waals surface area contributed by atoms with Crippen LogP contribution >= 0.6 is 11.6 Å². The number of amides is 1. The first-order chi connectivity index (χ1) is 13.1.